The van der Waals surface area contributed by atoms with E-state index < -0.39 is 0 Å². The summed E-state index contributed by atoms with van der Waals surface area (Å²) >= 11 is 0. The van der Waals surface area contributed by atoms with Crippen LogP contribution in [0.5, 0.6) is 11.5 Å². The largest absolute Gasteiger partial charge is 0.454 e. The van der Waals surface area contributed by atoms with Crippen molar-refractivity contribution in [3.05, 3.63) is 23.8 Å². The Morgan fingerprint density at radius 2 is 2.00 bits per heavy atom. The van der Waals surface area contributed by atoms with E-state index in [0.29, 0.717) is 18.2 Å². The lowest BCUT2D eigenvalue weighted by molar-refractivity contribution is 0.174. The van der Waals surface area contributed by atoms with Crippen molar-refractivity contribution in [2.24, 2.45) is 5.41 Å². The Morgan fingerprint density at radius 1 is 1.22 bits per heavy atom. The number of fused-ring (bicyclic) bond motifs is 1. The SMILES string of the molecule is CNCC1(C(NC)c2ccc3c(c2)OCO3)CC1. The van der Waals surface area contributed by atoms with E-state index in [1.807, 2.05) is 20.2 Å². The van der Waals surface area contributed by atoms with Crippen LogP contribution in [0.25, 0.3) is 0 Å². The molecule has 1 aliphatic heterocycles. The summed E-state index contributed by atoms with van der Waals surface area (Å²) in [5.41, 5.74) is 1.64. The maximum Gasteiger partial charge on any atom is 0.231 e. The van der Waals surface area contributed by atoms with Crippen molar-refractivity contribution in [2.45, 2.75) is 18.9 Å². The molecule has 18 heavy (non-hydrogen) atoms. The van der Waals surface area contributed by atoms with E-state index in [9.17, 15) is 0 Å². The van der Waals surface area contributed by atoms with Crippen molar-refractivity contribution >= 4 is 0 Å². The molecular weight excluding hydrogens is 228 g/mol. The predicted octanol–water partition coefficient (Wildman–Crippen LogP) is 1.68. The predicted molar refractivity (Wildman–Crippen MR) is 70.0 cm³/mol. The Balaban J connectivity index is 1.88. The molecule has 0 radical (unpaired) electrons. The van der Waals surface area contributed by atoms with Crippen molar-refractivity contribution in [3.63, 3.8) is 0 Å². The van der Waals surface area contributed by atoms with Gasteiger partial charge in [-0.2, -0.15) is 0 Å². The summed E-state index contributed by atoms with van der Waals surface area (Å²) in [6, 6.07) is 6.64. The first-order valence-electron chi connectivity index (χ1n) is 6.50. The molecule has 1 fully saturated rings. The van der Waals surface area contributed by atoms with E-state index in [-0.39, 0.29) is 0 Å². The molecule has 4 heteroatoms. The van der Waals surface area contributed by atoms with E-state index in [2.05, 4.69) is 22.8 Å². The van der Waals surface area contributed by atoms with Gasteiger partial charge in [0.1, 0.15) is 0 Å². The van der Waals surface area contributed by atoms with Gasteiger partial charge in [0.05, 0.1) is 0 Å². The van der Waals surface area contributed by atoms with Crippen molar-refractivity contribution in [1.82, 2.24) is 10.6 Å². The normalized spacial score (nSPS) is 20.8. The topological polar surface area (TPSA) is 42.5 Å². The van der Waals surface area contributed by atoms with Crippen LogP contribution in [0.4, 0.5) is 0 Å². The number of benzene rings is 1. The summed E-state index contributed by atoms with van der Waals surface area (Å²) in [5.74, 6) is 1.72. The average Bonchev–Trinajstić information content (AvgIpc) is 2.99. The first-order valence-corrected chi connectivity index (χ1v) is 6.50. The van der Waals surface area contributed by atoms with E-state index in [4.69, 9.17) is 9.47 Å². The maximum atomic E-state index is 5.46. The highest BCUT2D eigenvalue weighted by Gasteiger charge is 2.48. The maximum absolute atomic E-state index is 5.46. The fraction of sp³-hybridized carbons (Fsp3) is 0.571. The zero-order chi connectivity index (χ0) is 12.6. The van der Waals surface area contributed by atoms with Crippen molar-refractivity contribution in [1.29, 1.82) is 0 Å². The summed E-state index contributed by atoms with van der Waals surface area (Å²) in [4.78, 5) is 0. The lowest BCUT2D eigenvalue weighted by atomic mass is 9.89. The number of hydrogen-bond donors (Lipinski definition) is 2. The van der Waals surface area contributed by atoms with Gasteiger partial charge in [-0.25, -0.2) is 0 Å². The lowest BCUT2D eigenvalue weighted by Gasteiger charge is -2.27. The molecule has 98 valence electrons. The van der Waals surface area contributed by atoms with Gasteiger partial charge >= 0.3 is 0 Å². The van der Waals surface area contributed by atoms with Crippen molar-refractivity contribution in [3.8, 4) is 11.5 Å². The van der Waals surface area contributed by atoms with Crippen LogP contribution in [0.3, 0.4) is 0 Å². The highest BCUT2D eigenvalue weighted by atomic mass is 16.7. The molecule has 0 spiro atoms. The standard InChI is InChI=1S/C14H20N2O2/c1-15-8-14(5-6-14)13(16-2)10-3-4-11-12(7-10)18-9-17-11/h3-4,7,13,15-16H,5-6,8-9H2,1-2H3. The molecule has 4 nitrogen and oxygen atoms in total. The van der Waals surface area contributed by atoms with Gasteiger partial charge in [-0.3, -0.25) is 0 Å². The molecule has 1 aliphatic carbocycles. The third-order valence-corrected chi connectivity index (χ3v) is 4.05. The zero-order valence-electron chi connectivity index (χ0n) is 11.0. The highest BCUT2D eigenvalue weighted by molar-refractivity contribution is 5.46. The van der Waals surface area contributed by atoms with Crippen LogP contribution in [0, 0.1) is 5.41 Å². The van der Waals surface area contributed by atoms with Crippen LogP contribution in [-0.2, 0) is 0 Å². The second kappa shape index (κ2) is 4.44. The summed E-state index contributed by atoms with van der Waals surface area (Å²) in [6.45, 7) is 1.39. The average molecular weight is 248 g/mol. The van der Waals surface area contributed by atoms with Crippen LogP contribution < -0.4 is 20.1 Å². The van der Waals surface area contributed by atoms with Gasteiger partial charge in [0.15, 0.2) is 11.5 Å². The molecule has 0 saturated heterocycles. The van der Waals surface area contributed by atoms with Crippen LogP contribution in [0.2, 0.25) is 0 Å². The van der Waals surface area contributed by atoms with Gasteiger partial charge in [-0.1, -0.05) is 6.07 Å². The molecule has 1 saturated carbocycles. The van der Waals surface area contributed by atoms with Gasteiger partial charge in [-0.15, -0.1) is 0 Å². The second-order valence-corrected chi connectivity index (χ2v) is 5.23. The van der Waals surface area contributed by atoms with E-state index in [1.54, 1.807) is 0 Å². The first kappa shape index (κ1) is 11.8. The Hall–Kier alpha value is -1.26. The van der Waals surface area contributed by atoms with Gasteiger partial charge in [0, 0.05) is 18.0 Å². The Bertz CT molecular complexity index is 443. The Labute approximate surface area is 108 Å². The van der Waals surface area contributed by atoms with Crippen LogP contribution >= 0.6 is 0 Å². The molecule has 0 aromatic heterocycles. The first-order chi connectivity index (χ1) is 8.79. The molecule has 0 amide bonds. The van der Waals surface area contributed by atoms with Gasteiger partial charge in [0.2, 0.25) is 6.79 Å². The molecule has 1 aromatic carbocycles. The lowest BCUT2D eigenvalue weighted by Crippen LogP contribution is -2.33. The van der Waals surface area contributed by atoms with Crippen LogP contribution in [0.15, 0.2) is 18.2 Å². The summed E-state index contributed by atoms with van der Waals surface area (Å²) in [6.07, 6.45) is 2.54. The molecule has 3 rings (SSSR count). The Kier molecular flexibility index (Phi) is 2.92. The monoisotopic (exact) mass is 248 g/mol. The highest BCUT2D eigenvalue weighted by Crippen LogP contribution is 2.55. The van der Waals surface area contributed by atoms with E-state index >= 15 is 0 Å². The minimum absolute atomic E-state index is 0.338. The second-order valence-electron chi connectivity index (χ2n) is 5.23. The van der Waals surface area contributed by atoms with Crippen molar-refractivity contribution in [2.75, 3.05) is 27.4 Å². The van der Waals surface area contributed by atoms with Gasteiger partial charge < -0.3 is 20.1 Å². The number of rotatable bonds is 5. The van der Waals surface area contributed by atoms with E-state index in [0.717, 1.165) is 18.0 Å². The van der Waals surface area contributed by atoms with E-state index in [1.165, 1.54) is 18.4 Å². The van der Waals surface area contributed by atoms with Gasteiger partial charge in [-0.05, 0) is 44.6 Å². The fourth-order valence-corrected chi connectivity index (χ4v) is 3.00. The molecule has 1 aromatic rings. The van der Waals surface area contributed by atoms with Crippen LogP contribution in [0.1, 0.15) is 24.4 Å². The molecule has 2 N–H and O–H groups in total. The zero-order valence-corrected chi connectivity index (χ0v) is 11.0. The molecule has 0 bridgehead atoms. The number of ether oxygens (including phenoxy) is 2. The molecule has 1 unspecified atom stereocenters. The third-order valence-electron chi connectivity index (χ3n) is 4.05. The molecular formula is C14H20N2O2. The summed E-state index contributed by atoms with van der Waals surface area (Å²) in [5, 5.41) is 6.77. The fourth-order valence-electron chi connectivity index (χ4n) is 3.00. The summed E-state index contributed by atoms with van der Waals surface area (Å²) in [7, 11) is 4.05. The smallest absolute Gasteiger partial charge is 0.231 e. The third kappa shape index (κ3) is 1.85. The number of hydrogen-bond acceptors (Lipinski definition) is 4. The molecule has 2 aliphatic rings. The minimum atomic E-state index is 0.338. The quantitative estimate of drug-likeness (QED) is 0.832. The van der Waals surface area contributed by atoms with Gasteiger partial charge in [0.25, 0.3) is 0 Å². The van der Waals surface area contributed by atoms with Crippen LogP contribution in [-0.4, -0.2) is 27.4 Å². The summed E-state index contributed by atoms with van der Waals surface area (Å²) < 4.78 is 10.8. The molecule has 1 heterocycles. The minimum Gasteiger partial charge on any atom is -0.454 e. The Morgan fingerprint density at radius 3 is 2.67 bits per heavy atom. The number of nitrogens with one attached hydrogen (secondary N) is 2. The molecule has 1 atom stereocenters. The van der Waals surface area contributed by atoms with Crippen molar-refractivity contribution < 1.29 is 9.47 Å².